The summed E-state index contributed by atoms with van der Waals surface area (Å²) in [5.74, 6) is -0.514. The molecule has 1 N–H and O–H groups in total. The molecule has 1 aliphatic heterocycles. The number of benzene rings is 2. The first-order valence-corrected chi connectivity index (χ1v) is 13.1. The number of halogens is 1. The average Bonchev–Trinajstić information content (AvgIpc) is 2.80. The lowest BCUT2D eigenvalue weighted by Crippen LogP contribution is -2.45. The van der Waals surface area contributed by atoms with E-state index in [0.717, 1.165) is 18.7 Å². The van der Waals surface area contributed by atoms with Crippen LogP contribution in [0.3, 0.4) is 0 Å². The summed E-state index contributed by atoms with van der Waals surface area (Å²) in [6.07, 6.45) is 1.37. The molecule has 6 nitrogen and oxygen atoms in total. The van der Waals surface area contributed by atoms with E-state index in [9.17, 15) is 13.2 Å². The third-order valence-electron chi connectivity index (χ3n) is 5.94. The lowest BCUT2D eigenvalue weighted by molar-refractivity contribution is -0.126. The van der Waals surface area contributed by atoms with Gasteiger partial charge in [-0.05, 0) is 62.1 Å². The van der Waals surface area contributed by atoms with Crippen molar-refractivity contribution in [3.63, 3.8) is 0 Å². The van der Waals surface area contributed by atoms with Crippen molar-refractivity contribution in [2.75, 3.05) is 31.1 Å². The van der Waals surface area contributed by atoms with Crippen molar-refractivity contribution in [1.82, 2.24) is 9.62 Å². The molecule has 32 heavy (non-hydrogen) atoms. The number of hydrogen-bond donors (Lipinski definition) is 1. The molecule has 1 amide bonds. The molecule has 0 spiro atoms. The van der Waals surface area contributed by atoms with E-state index in [1.807, 2.05) is 12.1 Å². The van der Waals surface area contributed by atoms with Gasteiger partial charge >= 0.3 is 0 Å². The van der Waals surface area contributed by atoms with E-state index in [1.54, 1.807) is 24.3 Å². The molecule has 1 fully saturated rings. The maximum atomic E-state index is 12.9. The Morgan fingerprint density at radius 3 is 2.31 bits per heavy atom. The second-order valence-corrected chi connectivity index (χ2v) is 10.5. The standard InChI is InChI=1S/C24H32ClN3O3S/c1-3-27(4-2)23-13-9-19(10-14-23)16-26-24(29)21-6-5-15-28(17-21)32(30,31)18-20-7-11-22(25)12-8-20/h7-14,21H,3-6,15-18H2,1-2H3,(H,26,29). The normalized spacial score (nSPS) is 17.2. The maximum Gasteiger partial charge on any atom is 0.224 e. The van der Waals surface area contributed by atoms with Gasteiger partial charge in [-0.15, -0.1) is 0 Å². The highest BCUT2D eigenvalue weighted by atomic mass is 35.5. The second-order valence-electron chi connectivity index (χ2n) is 8.14. The minimum atomic E-state index is -3.50. The Morgan fingerprint density at radius 2 is 1.69 bits per heavy atom. The number of piperidine rings is 1. The van der Waals surface area contributed by atoms with Gasteiger partial charge in [0.1, 0.15) is 0 Å². The molecular weight excluding hydrogens is 446 g/mol. The minimum Gasteiger partial charge on any atom is -0.372 e. The van der Waals surface area contributed by atoms with Crippen LogP contribution >= 0.6 is 11.6 Å². The zero-order valence-electron chi connectivity index (χ0n) is 18.8. The number of sulfonamides is 1. The largest absolute Gasteiger partial charge is 0.372 e. The van der Waals surface area contributed by atoms with Crippen molar-refractivity contribution < 1.29 is 13.2 Å². The van der Waals surface area contributed by atoms with Crippen molar-refractivity contribution >= 4 is 33.2 Å². The number of amides is 1. The van der Waals surface area contributed by atoms with Gasteiger partial charge in [-0.3, -0.25) is 4.79 Å². The van der Waals surface area contributed by atoms with Gasteiger partial charge in [0.15, 0.2) is 0 Å². The number of nitrogens with zero attached hydrogens (tertiary/aromatic N) is 2. The number of anilines is 1. The zero-order valence-corrected chi connectivity index (χ0v) is 20.3. The first kappa shape index (κ1) is 24.6. The number of carbonyl (C=O) groups is 1. The first-order chi connectivity index (χ1) is 15.3. The minimum absolute atomic E-state index is 0.0859. The van der Waals surface area contributed by atoms with Gasteiger partial charge in [0.05, 0.1) is 11.7 Å². The number of hydrogen-bond acceptors (Lipinski definition) is 4. The monoisotopic (exact) mass is 477 g/mol. The molecule has 0 radical (unpaired) electrons. The number of carbonyl (C=O) groups excluding carboxylic acids is 1. The van der Waals surface area contributed by atoms with Crippen LogP contribution in [0.5, 0.6) is 0 Å². The lowest BCUT2D eigenvalue weighted by atomic mass is 9.98. The third kappa shape index (κ3) is 6.47. The van der Waals surface area contributed by atoms with Gasteiger partial charge in [0.25, 0.3) is 0 Å². The molecule has 0 saturated carbocycles. The van der Waals surface area contributed by atoms with Crippen molar-refractivity contribution in [3.8, 4) is 0 Å². The predicted molar refractivity (Wildman–Crippen MR) is 130 cm³/mol. The third-order valence-corrected chi connectivity index (χ3v) is 8.01. The zero-order chi connectivity index (χ0) is 23.1. The lowest BCUT2D eigenvalue weighted by Gasteiger charge is -2.31. The summed E-state index contributed by atoms with van der Waals surface area (Å²) in [6, 6.07) is 15.0. The van der Waals surface area contributed by atoms with Crippen LogP contribution in [0, 0.1) is 5.92 Å². The Balaban J connectivity index is 1.55. The van der Waals surface area contributed by atoms with Gasteiger partial charge in [-0.1, -0.05) is 35.9 Å². The van der Waals surface area contributed by atoms with Crippen LogP contribution in [0.4, 0.5) is 5.69 Å². The van der Waals surface area contributed by atoms with Crippen LogP contribution in [0.1, 0.15) is 37.8 Å². The smallest absolute Gasteiger partial charge is 0.224 e. The van der Waals surface area contributed by atoms with Crippen molar-refractivity contribution in [2.45, 2.75) is 39.0 Å². The summed E-state index contributed by atoms with van der Waals surface area (Å²) >= 11 is 5.89. The molecule has 2 aromatic rings. The molecule has 0 aliphatic carbocycles. The van der Waals surface area contributed by atoms with E-state index >= 15 is 0 Å². The molecule has 1 aliphatic rings. The fourth-order valence-electron chi connectivity index (χ4n) is 4.04. The highest BCUT2D eigenvalue weighted by molar-refractivity contribution is 7.88. The summed E-state index contributed by atoms with van der Waals surface area (Å²) < 4.78 is 27.2. The second kappa shape index (κ2) is 11.2. The highest BCUT2D eigenvalue weighted by Gasteiger charge is 2.32. The molecule has 3 rings (SSSR count). The van der Waals surface area contributed by atoms with Crippen molar-refractivity contribution in [1.29, 1.82) is 0 Å². The Bertz CT molecular complexity index is 990. The van der Waals surface area contributed by atoms with Gasteiger partial charge in [-0.2, -0.15) is 0 Å². The Hall–Kier alpha value is -2.09. The molecule has 1 heterocycles. The number of nitrogens with one attached hydrogen (secondary N) is 1. The molecule has 1 saturated heterocycles. The van der Waals surface area contributed by atoms with Crippen molar-refractivity contribution in [2.24, 2.45) is 5.92 Å². The van der Waals surface area contributed by atoms with Crippen LogP contribution in [0.2, 0.25) is 5.02 Å². The van der Waals surface area contributed by atoms with Gasteiger partial charge in [-0.25, -0.2) is 12.7 Å². The molecule has 1 unspecified atom stereocenters. The molecule has 2 aromatic carbocycles. The average molecular weight is 478 g/mol. The Kier molecular flexibility index (Phi) is 8.57. The molecule has 1 atom stereocenters. The summed E-state index contributed by atoms with van der Waals surface area (Å²) in [7, 11) is -3.50. The fraction of sp³-hybridized carbons (Fsp3) is 0.458. The molecule has 174 valence electrons. The quantitative estimate of drug-likeness (QED) is 0.591. The maximum absolute atomic E-state index is 12.9. The SMILES string of the molecule is CCN(CC)c1ccc(CNC(=O)C2CCCN(S(=O)(=O)Cc3ccc(Cl)cc3)C2)cc1. The van der Waals surface area contributed by atoms with E-state index in [2.05, 4.69) is 36.2 Å². The molecular formula is C24H32ClN3O3S. The van der Waals surface area contributed by atoms with Crippen LogP contribution < -0.4 is 10.2 Å². The summed E-state index contributed by atoms with van der Waals surface area (Å²) in [4.78, 5) is 15.0. The van der Waals surface area contributed by atoms with Crippen LogP contribution in [0.25, 0.3) is 0 Å². The molecule has 0 aromatic heterocycles. The topological polar surface area (TPSA) is 69.7 Å². The Labute approximate surface area is 196 Å². The highest BCUT2D eigenvalue weighted by Crippen LogP contribution is 2.22. The molecule has 8 heteroatoms. The van der Waals surface area contributed by atoms with Crippen LogP contribution in [0.15, 0.2) is 48.5 Å². The van der Waals surface area contributed by atoms with Gasteiger partial charge in [0.2, 0.25) is 15.9 Å². The number of rotatable bonds is 9. The summed E-state index contributed by atoms with van der Waals surface area (Å²) in [5, 5.41) is 3.56. The first-order valence-electron chi connectivity index (χ1n) is 11.2. The van der Waals surface area contributed by atoms with E-state index in [0.29, 0.717) is 36.5 Å². The Morgan fingerprint density at radius 1 is 1.06 bits per heavy atom. The molecule has 0 bridgehead atoms. The van der Waals surface area contributed by atoms with E-state index in [4.69, 9.17) is 11.6 Å². The van der Waals surface area contributed by atoms with E-state index in [1.165, 1.54) is 9.99 Å². The van der Waals surface area contributed by atoms with Crippen LogP contribution in [-0.4, -0.2) is 44.8 Å². The van der Waals surface area contributed by atoms with Crippen LogP contribution in [-0.2, 0) is 27.1 Å². The predicted octanol–water partition coefficient (Wildman–Crippen LogP) is 4.04. The van der Waals surface area contributed by atoms with E-state index < -0.39 is 10.0 Å². The summed E-state index contributed by atoms with van der Waals surface area (Å²) in [5.41, 5.74) is 2.88. The summed E-state index contributed by atoms with van der Waals surface area (Å²) in [6.45, 7) is 7.26. The van der Waals surface area contributed by atoms with Gasteiger partial charge in [0, 0.05) is 43.4 Å². The van der Waals surface area contributed by atoms with Crippen molar-refractivity contribution in [3.05, 3.63) is 64.7 Å². The van der Waals surface area contributed by atoms with E-state index in [-0.39, 0.29) is 24.1 Å². The fourth-order valence-corrected chi connectivity index (χ4v) is 5.78. The van der Waals surface area contributed by atoms with Gasteiger partial charge < -0.3 is 10.2 Å².